The fourth-order valence-corrected chi connectivity index (χ4v) is 2.11. The Morgan fingerprint density at radius 3 is 2.55 bits per heavy atom. The lowest BCUT2D eigenvalue weighted by atomic mass is 10.2. The second-order valence-electron chi connectivity index (χ2n) is 4.30. The summed E-state index contributed by atoms with van der Waals surface area (Å²) in [7, 11) is 0. The Kier molecular flexibility index (Phi) is 5.30. The molecule has 2 rings (SSSR count). The van der Waals surface area contributed by atoms with Crippen LogP contribution in [0.1, 0.15) is 5.56 Å². The van der Waals surface area contributed by atoms with Crippen LogP contribution in [0, 0.1) is 10.1 Å². The highest BCUT2D eigenvalue weighted by Crippen LogP contribution is 2.27. The number of carbonyl (C=O) groups excluding carboxylic acids is 1. The monoisotopic (exact) mass is 380 g/mol. The van der Waals surface area contributed by atoms with Crippen molar-refractivity contribution in [1.82, 2.24) is 0 Å². The molecule has 0 aromatic heterocycles. The predicted octanol–water partition coefficient (Wildman–Crippen LogP) is 4.66. The van der Waals surface area contributed by atoms with Gasteiger partial charge in [-0.3, -0.25) is 14.9 Å². The van der Waals surface area contributed by atoms with Crippen LogP contribution in [0.25, 0.3) is 6.08 Å². The van der Waals surface area contributed by atoms with Crippen LogP contribution in [0.5, 0.6) is 0 Å². The van der Waals surface area contributed by atoms with E-state index >= 15 is 0 Å². The zero-order valence-corrected chi connectivity index (χ0v) is 13.5. The Morgan fingerprint density at radius 1 is 1.23 bits per heavy atom. The molecular formula is C15H10BrClN2O3. The van der Waals surface area contributed by atoms with Gasteiger partial charge < -0.3 is 5.32 Å². The lowest BCUT2D eigenvalue weighted by Crippen LogP contribution is -2.08. The molecule has 0 atom stereocenters. The number of nitrogens with zero attached hydrogens (tertiary/aromatic N) is 1. The number of nitrogens with one attached hydrogen (secondary N) is 1. The third-order valence-corrected chi connectivity index (χ3v) is 3.56. The minimum Gasteiger partial charge on any atom is -0.322 e. The molecule has 0 fully saturated rings. The summed E-state index contributed by atoms with van der Waals surface area (Å²) in [5, 5.41) is 13.4. The van der Waals surface area contributed by atoms with E-state index in [2.05, 4.69) is 21.2 Å². The molecule has 2 aromatic rings. The molecule has 5 nitrogen and oxygen atoms in total. The quantitative estimate of drug-likeness (QED) is 0.475. The summed E-state index contributed by atoms with van der Waals surface area (Å²) in [4.78, 5) is 22.0. The van der Waals surface area contributed by atoms with E-state index < -0.39 is 4.92 Å². The first-order chi connectivity index (χ1) is 10.5. The number of rotatable bonds is 4. The molecule has 1 amide bonds. The topological polar surface area (TPSA) is 72.2 Å². The van der Waals surface area contributed by atoms with Crippen LogP contribution < -0.4 is 5.32 Å². The van der Waals surface area contributed by atoms with Crippen LogP contribution in [0.4, 0.5) is 11.4 Å². The van der Waals surface area contributed by atoms with Crippen LogP contribution in [0.15, 0.2) is 53.0 Å². The van der Waals surface area contributed by atoms with E-state index in [9.17, 15) is 14.9 Å². The van der Waals surface area contributed by atoms with Crippen LogP contribution in [0.3, 0.4) is 0 Å². The smallest absolute Gasteiger partial charge is 0.289 e. The van der Waals surface area contributed by atoms with Crippen molar-refractivity contribution in [2.45, 2.75) is 0 Å². The average Bonchev–Trinajstić information content (AvgIpc) is 2.48. The first kappa shape index (κ1) is 16.2. The van der Waals surface area contributed by atoms with Gasteiger partial charge in [-0.05, 0) is 35.9 Å². The van der Waals surface area contributed by atoms with Crippen molar-refractivity contribution >= 4 is 50.9 Å². The van der Waals surface area contributed by atoms with Crippen molar-refractivity contribution in [3.05, 3.63) is 73.7 Å². The van der Waals surface area contributed by atoms with E-state index in [4.69, 9.17) is 11.6 Å². The third-order valence-electron chi connectivity index (χ3n) is 2.71. The van der Waals surface area contributed by atoms with Gasteiger partial charge in [0.15, 0.2) is 0 Å². The Labute approximate surface area is 139 Å². The molecule has 0 saturated heterocycles. The Balaban J connectivity index is 2.07. The molecule has 0 bridgehead atoms. The molecular weight excluding hydrogens is 372 g/mol. The maximum atomic E-state index is 11.8. The molecule has 112 valence electrons. The summed E-state index contributed by atoms with van der Waals surface area (Å²) in [5.74, 6) is -0.389. The number of nitro benzene ring substituents is 1. The van der Waals surface area contributed by atoms with Gasteiger partial charge >= 0.3 is 0 Å². The van der Waals surface area contributed by atoms with E-state index in [0.29, 0.717) is 5.69 Å². The number of hydrogen-bond donors (Lipinski definition) is 1. The number of hydrogen-bond acceptors (Lipinski definition) is 3. The van der Waals surface area contributed by atoms with Crippen molar-refractivity contribution in [3.63, 3.8) is 0 Å². The first-order valence-corrected chi connectivity index (χ1v) is 7.31. The minimum atomic E-state index is -0.602. The molecule has 7 heteroatoms. The molecule has 0 heterocycles. The number of carbonyl (C=O) groups is 1. The molecule has 0 aliphatic heterocycles. The molecule has 0 unspecified atom stereocenters. The first-order valence-electron chi connectivity index (χ1n) is 6.14. The molecule has 2 aromatic carbocycles. The van der Waals surface area contributed by atoms with E-state index in [1.807, 2.05) is 24.3 Å². The molecule has 22 heavy (non-hydrogen) atoms. The minimum absolute atomic E-state index is 0.0217. The Morgan fingerprint density at radius 2 is 1.91 bits per heavy atom. The van der Waals surface area contributed by atoms with Gasteiger partial charge in [0.2, 0.25) is 5.91 Å². The molecule has 0 aliphatic carbocycles. The van der Waals surface area contributed by atoms with Crippen LogP contribution in [0.2, 0.25) is 5.02 Å². The number of anilines is 1. The molecule has 0 saturated carbocycles. The van der Waals surface area contributed by atoms with Crippen LogP contribution >= 0.6 is 27.5 Å². The van der Waals surface area contributed by atoms with Gasteiger partial charge in [0.25, 0.3) is 5.69 Å². The standard InChI is InChI=1S/C15H10BrClN2O3/c16-11-4-1-10(2-5-11)3-8-15(20)18-12-6-7-13(17)14(9-12)19(21)22/h1-9H,(H,18,20). The average molecular weight is 382 g/mol. The zero-order chi connectivity index (χ0) is 16.1. The summed E-state index contributed by atoms with van der Waals surface area (Å²) in [5.41, 5.74) is 0.915. The SMILES string of the molecule is O=C(C=Cc1ccc(Br)cc1)Nc1ccc(Cl)c([N+](=O)[O-])c1. The van der Waals surface area contributed by atoms with Crippen LogP contribution in [-0.2, 0) is 4.79 Å². The zero-order valence-electron chi connectivity index (χ0n) is 11.1. The Bertz CT molecular complexity index is 745. The summed E-state index contributed by atoms with van der Waals surface area (Å²) >= 11 is 9.03. The van der Waals surface area contributed by atoms with Crippen molar-refractivity contribution in [3.8, 4) is 0 Å². The lowest BCUT2D eigenvalue weighted by Gasteiger charge is -2.03. The van der Waals surface area contributed by atoms with Gasteiger partial charge in [0, 0.05) is 22.3 Å². The highest BCUT2D eigenvalue weighted by molar-refractivity contribution is 9.10. The maximum Gasteiger partial charge on any atom is 0.289 e. The van der Waals surface area contributed by atoms with Crippen molar-refractivity contribution in [2.24, 2.45) is 0 Å². The van der Waals surface area contributed by atoms with Gasteiger partial charge in [-0.25, -0.2) is 0 Å². The van der Waals surface area contributed by atoms with E-state index in [-0.39, 0.29) is 16.6 Å². The summed E-state index contributed by atoms with van der Waals surface area (Å²) in [6, 6.07) is 11.5. The second kappa shape index (κ2) is 7.20. The number of amides is 1. The van der Waals surface area contributed by atoms with Crippen molar-refractivity contribution < 1.29 is 9.72 Å². The second-order valence-corrected chi connectivity index (χ2v) is 5.62. The van der Waals surface area contributed by atoms with Gasteiger partial charge in [-0.1, -0.05) is 39.7 Å². The highest BCUT2D eigenvalue weighted by atomic mass is 79.9. The van der Waals surface area contributed by atoms with Gasteiger partial charge in [0.1, 0.15) is 5.02 Å². The summed E-state index contributed by atoms with van der Waals surface area (Å²) in [6.45, 7) is 0. The summed E-state index contributed by atoms with van der Waals surface area (Å²) < 4.78 is 0.947. The number of benzene rings is 2. The van der Waals surface area contributed by atoms with Gasteiger partial charge in [-0.2, -0.15) is 0 Å². The lowest BCUT2D eigenvalue weighted by molar-refractivity contribution is -0.384. The highest BCUT2D eigenvalue weighted by Gasteiger charge is 2.13. The van der Waals surface area contributed by atoms with Crippen molar-refractivity contribution in [1.29, 1.82) is 0 Å². The fraction of sp³-hybridized carbons (Fsp3) is 0. The van der Waals surface area contributed by atoms with Crippen LogP contribution in [-0.4, -0.2) is 10.8 Å². The van der Waals surface area contributed by atoms with E-state index in [1.54, 1.807) is 6.08 Å². The molecule has 1 N–H and O–H groups in total. The Hall–Kier alpha value is -2.18. The molecule has 0 radical (unpaired) electrons. The van der Waals surface area contributed by atoms with Gasteiger partial charge in [0.05, 0.1) is 4.92 Å². The predicted molar refractivity (Wildman–Crippen MR) is 89.9 cm³/mol. The molecule has 0 spiro atoms. The number of halogens is 2. The normalized spacial score (nSPS) is 10.6. The fourth-order valence-electron chi connectivity index (χ4n) is 1.66. The van der Waals surface area contributed by atoms with Gasteiger partial charge in [-0.15, -0.1) is 0 Å². The van der Waals surface area contributed by atoms with E-state index in [1.165, 1.54) is 24.3 Å². The third kappa shape index (κ3) is 4.41. The summed E-state index contributed by atoms with van der Waals surface area (Å²) in [6.07, 6.45) is 3.00. The number of nitro groups is 1. The molecule has 0 aliphatic rings. The van der Waals surface area contributed by atoms with E-state index in [0.717, 1.165) is 10.0 Å². The maximum absolute atomic E-state index is 11.8. The van der Waals surface area contributed by atoms with Crippen molar-refractivity contribution in [2.75, 3.05) is 5.32 Å². The largest absolute Gasteiger partial charge is 0.322 e.